The Balaban J connectivity index is 1.79. The molecule has 0 fully saturated rings. The van der Waals surface area contributed by atoms with Gasteiger partial charge in [-0.25, -0.2) is 0 Å². The zero-order valence-corrected chi connectivity index (χ0v) is 13.5. The number of nitrogens with one attached hydrogen (secondary N) is 2. The Hall–Kier alpha value is -1.81. The van der Waals surface area contributed by atoms with Gasteiger partial charge in [0.05, 0.1) is 0 Å². The summed E-state index contributed by atoms with van der Waals surface area (Å²) in [6, 6.07) is 5.11. The minimum Gasteiger partial charge on any atom is -0.348 e. The highest BCUT2D eigenvalue weighted by Gasteiger charge is 2.14. The minimum atomic E-state index is -0.650. The third kappa shape index (κ3) is 4.88. The van der Waals surface area contributed by atoms with Crippen LogP contribution < -0.4 is 10.6 Å². The van der Waals surface area contributed by atoms with Gasteiger partial charge in [-0.1, -0.05) is 23.3 Å². The lowest BCUT2D eigenvalue weighted by atomic mass is 9.97. The van der Waals surface area contributed by atoms with E-state index in [-0.39, 0.29) is 0 Å². The summed E-state index contributed by atoms with van der Waals surface area (Å²) in [5.74, 6) is -1.26. The van der Waals surface area contributed by atoms with Gasteiger partial charge in [0, 0.05) is 17.3 Å². The Morgan fingerprint density at radius 3 is 2.73 bits per heavy atom. The van der Waals surface area contributed by atoms with Crippen LogP contribution >= 0.6 is 11.6 Å². The molecule has 1 aliphatic rings. The van der Waals surface area contributed by atoms with E-state index < -0.39 is 11.8 Å². The van der Waals surface area contributed by atoms with Crippen molar-refractivity contribution in [3.05, 3.63) is 40.4 Å². The van der Waals surface area contributed by atoms with Crippen molar-refractivity contribution in [2.75, 3.05) is 11.9 Å². The molecule has 1 aliphatic carbocycles. The molecule has 0 saturated carbocycles. The van der Waals surface area contributed by atoms with E-state index in [0.29, 0.717) is 17.3 Å². The predicted molar refractivity (Wildman–Crippen MR) is 89.0 cm³/mol. The van der Waals surface area contributed by atoms with Gasteiger partial charge in [-0.15, -0.1) is 0 Å². The number of halogens is 1. The molecule has 22 heavy (non-hydrogen) atoms. The van der Waals surface area contributed by atoms with Crippen molar-refractivity contribution in [2.24, 2.45) is 0 Å². The molecular weight excluding hydrogens is 300 g/mol. The number of rotatable bonds is 4. The van der Waals surface area contributed by atoms with E-state index in [0.717, 1.165) is 24.8 Å². The summed E-state index contributed by atoms with van der Waals surface area (Å²) < 4.78 is 0. The average molecular weight is 321 g/mol. The Morgan fingerprint density at radius 2 is 2.05 bits per heavy atom. The average Bonchev–Trinajstić information content (AvgIpc) is 2.51. The Morgan fingerprint density at radius 1 is 1.23 bits per heavy atom. The Labute approximate surface area is 135 Å². The number of carbonyl (C=O) groups excluding carboxylic acids is 2. The first-order chi connectivity index (χ1) is 10.6. The van der Waals surface area contributed by atoms with E-state index in [9.17, 15) is 9.59 Å². The highest BCUT2D eigenvalue weighted by molar-refractivity contribution is 6.39. The Bertz CT molecular complexity index is 596. The number of carbonyl (C=O) groups is 2. The third-order valence-electron chi connectivity index (χ3n) is 3.76. The van der Waals surface area contributed by atoms with Crippen LogP contribution in [0, 0.1) is 6.92 Å². The van der Waals surface area contributed by atoms with Crippen molar-refractivity contribution in [1.82, 2.24) is 5.32 Å². The molecule has 0 unspecified atom stereocenters. The lowest BCUT2D eigenvalue weighted by molar-refractivity contribution is -0.136. The SMILES string of the molecule is Cc1cc(Cl)ccc1NC(=O)C(=O)NCCC1=CCCCC1. The van der Waals surface area contributed by atoms with Crippen LogP contribution in [0.2, 0.25) is 5.02 Å². The van der Waals surface area contributed by atoms with Gasteiger partial charge in [-0.2, -0.15) is 0 Å². The quantitative estimate of drug-likeness (QED) is 0.658. The first kappa shape index (κ1) is 16.6. The summed E-state index contributed by atoms with van der Waals surface area (Å²) in [6.07, 6.45) is 7.76. The van der Waals surface area contributed by atoms with Gasteiger partial charge in [0.1, 0.15) is 0 Å². The van der Waals surface area contributed by atoms with Gasteiger partial charge >= 0.3 is 11.8 Å². The van der Waals surface area contributed by atoms with E-state index in [1.54, 1.807) is 18.2 Å². The molecule has 0 atom stereocenters. The van der Waals surface area contributed by atoms with Crippen LogP contribution in [-0.2, 0) is 9.59 Å². The highest BCUT2D eigenvalue weighted by Crippen LogP contribution is 2.20. The summed E-state index contributed by atoms with van der Waals surface area (Å²) in [4.78, 5) is 23.7. The first-order valence-electron chi connectivity index (χ1n) is 7.59. The number of anilines is 1. The second-order valence-corrected chi connectivity index (χ2v) is 5.96. The van der Waals surface area contributed by atoms with Crippen molar-refractivity contribution in [3.8, 4) is 0 Å². The maximum absolute atomic E-state index is 11.9. The number of benzene rings is 1. The monoisotopic (exact) mass is 320 g/mol. The smallest absolute Gasteiger partial charge is 0.313 e. The van der Waals surface area contributed by atoms with Crippen LogP contribution in [0.25, 0.3) is 0 Å². The molecule has 0 aromatic heterocycles. The second kappa shape index (κ2) is 7.99. The van der Waals surface area contributed by atoms with E-state index in [4.69, 9.17) is 11.6 Å². The summed E-state index contributed by atoms with van der Waals surface area (Å²) in [5.41, 5.74) is 2.79. The van der Waals surface area contributed by atoms with Crippen LogP contribution in [0.5, 0.6) is 0 Å². The van der Waals surface area contributed by atoms with Crippen molar-refractivity contribution < 1.29 is 9.59 Å². The molecule has 1 aromatic rings. The van der Waals surface area contributed by atoms with Crippen LogP contribution in [0.15, 0.2) is 29.8 Å². The van der Waals surface area contributed by atoms with Gasteiger partial charge in [-0.3, -0.25) is 9.59 Å². The molecule has 2 N–H and O–H groups in total. The van der Waals surface area contributed by atoms with Gasteiger partial charge in [0.15, 0.2) is 0 Å². The lowest BCUT2D eigenvalue weighted by Crippen LogP contribution is -2.36. The molecule has 1 aromatic carbocycles. The van der Waals surface area contributed by atoms with E-state index in [1.807, 2.05) is 6.92 Å². The first-order valence-corrected chi connectivity index (χ1v) is 7.97. The van der Waals surface area contributed by atoms with E-state index in [1.165, 1.54) is 18.4 Å². The molecule has 118 valence electrons. The van der Waals surface area contributed by atoms with Crippen LogP contribution in [0.1, 0.15) is 37.7 Å². The third-order valence-corrected chi connectivity index (χ3v) is 3.99. The summed E-state index contributed by atoms with van der Waals surface area (Å²) in [5, 5.41) is 5.86. The zero-order valence-electron chi connectivity index (χ0n) is 12.7. The molecule has 0 saturated heterocycles. The standard InChI is InChI=1S/C17H21ClN2O2/c1-12-11-14(18)7-8-15(12)20-17(22)16(21)19-10-9-13-5-3-2-4-6-13/h5,7-8,11H,2-4,6,9-10H2,1H3,(H,19,21)(H,20,22). The summed E-state index contributed by atoms with van der Waals surface area (Å²) >= 11 is 5.86. The molecule has 0 bridgehead atoms. The van der Waals surface area contributed by atoms with Crippen molar-refractivity contribution in [2.45, 2.75) is 39.0 Å². The number of allylic oxidation sites excluding steroid dienone is 1. The lowest BCUT2D eigenvalue weighted by Gasteiger charge is -2.13. The predicted octanol–water partition coefficient (Wildman–Crippen LogP) is 3.59. The maximum Gasteiger partial charge on any atom is 0.313 e. The van der Waals surface area contributed by atoms with Crippen molar-refractivity contribution >= 4 is 29.1 Å². The van der Waals surface area contributed by atoms with Crippen LogP contribution in [0.3, 0.4) is 0 Å². The molecule has 0 heterocycles. The molecule has 5 heteroatoms. The number of hydrogen-bond donors (Lipinski definition) is 2. The van der Waals surface area contributed by atoms with Gasteiger partial charge < -0.3 is 10.6 Å². The van der Waals surface area contributed by atoms with E-state index >= 15 is 0 Å². The number of aryl methyl sites for hydroxylation is 1. The second-order valence-electron chi connectivity index (χ2n) is 5.53. The van der Waals surface area contributed by atoms with Gasteiger partial charge in [0.2, 0.25) is 0 Å². The molecule has 2 rings (SSSR count). The molecule has 0 aliphatic heterocycles. The van der Waals surface area contributed by atoms with Crippen LogP contribution in [0.4, 0.5) is 5.69 Å². The maximum atomic E-state index is 11.9. The fourth-order valence-corrected chi connectivity index (χ4v) is 2.72. The van der Waals surface area contributed by atoms with Crippen LogP contribution in [-0.4, -0.2) is 18.4 Å². The fraction of sp³-hybridized carbons (Fsp3) is 0.412. The molecular formula is C17H21ClN2O2. The topological polar surface area (TPSA) is 58.2 Å². The molecule has 2 amide bonds. The normalized spacial score (nSPS) is 14.2. The van der Waals surface area contributed by atoms with Gasteiger partial charge in [0.25, 0.3) is 0 Å². The number of hydrogen-bond acceptors (Lipinski definition) is 2. The summed E-state index contributed by atoms with van der Waals surface area (Å²) in [7, 11) is 0. The minimum absolute atomic E-state index is 0.498. The Kier molecular flexibility index (Phi) is 6.01. The van der Waals surface area contributed by atoms with Crippen molar-refractivity contribution in [3.63, 3.8) is 0 Å². The van der Waals surface area contributed by atoms with Gasteiger partial charge in [-0.05, 0) is 62.8 Å². The number of amides is 2. The molecule has 4 nitrogen and oxygen atoms in total. The zero-order chi connectivity index (χ0) is 15.9. The van der Waals surface area contributed by atoms with E-state index in [2.05, 4.69) is 16.7 Å². The van der Waals surface area contributed by atoms with Crippen molar-refractivity contribution in [1.29, 1.82) is 0 Å². The highest BCUT2D eigenvalue weighted by atomic mass is 35.5. The summed E-state index contributed by atoms with van der Waals surface area (Å²) in [6.45, 7) is 2.33. The fourth-order valence-electron chi connectivity index (χ4n) is 2.49. The molecule has 0 spiro atoms. The molecule has 0 radical (unpaired) electrons. The largest absolute Gasteiger partial charge is 0.348 e.